The minimum Gasteiger partial charge on any atom is -0.493 e. The summed E-state index contributed by atoms with van der Waals surface area (Å²) in [4.78, 5) is 12.6. The molecule has 35 heavy (non-hydrogen) atoms. The lowest BCUT2D eigenvalue weighted by molar-refractivity contribution is -0.112. The van der Waals surface area contributed by atoms with E-state index in [-0.39, 0.29) is 12.2 Å². The fourth-order valence-electron chi connectivity index (χ4n) is 3.61. The molecule has 0 aliphatic heterocycles. The summed E-state index contributed by atoms with van der Waals surface area (Å²) in [7, 11) is 1.50. The molecule has 0 radical (unpaired) electrons. The summed E-state index contributed by atoms with van der Waals surface area (Å²) >= 11 is 12.5. The first kappa shape index (κ1) is 24.2. The van der Waals surface area contributed by atoms with E-state index in [9.17, 15) is 10.1 Å². The molecule has 174 valence electrons. The van der Waals surface area contributed by atoms with Crippen molar-refractivity contribution in [3.8, 4) is 17.6 Å². The van der Waals surface area contributed by atoms with Crippen molar-refractivity contribution in [2.24, 2.45) is 0 Å². The van der Waals surface area contributed by atoms with E-state index in [1.54, 1.807) is 36.4 Å². The summed E-state index contributed by atoms with van der Waals surface area (Å²) in [5.41, 5.74) is 1.90. The Morgan fingerprint density at radius 3 is 2.57 bits per heavy atom. The van der Waals surface area contributed by atoms with Crippen LogP contribution in [0.2, 0.25) is 10.0 Å². The van der Waals surface area contributed by atoms with Crippen LogP contribution in [0.25, 0.3) is 16.8 Å². The van der Waals surface area contributed by atoms with E-state index in [1.165, 1.54) is 13.2 Å². The van der Waals surface area contributed by atoms with Crippen LogP contribution in [-0.2, 0) is 11.4 Å². The van der Waals surface area contributed by atoms with Crippen LogP contribution in [0.4, 0.5) is 5.69 Å². The number of nitriles is 1. The Kier molecular flexibility index (Phi) is 7.57. The molecule has 0 bridgehead atoms. The van der Waals surface area contributed by atoms with Gasteiger partial charge in [-0.25, -0.2) is 0 Å². The van der Waals surface area contributed by atoms with Gasteiger partial charge in [0.25, 0.3) is 5.91 Å². The number of fused-ring (bicyclic) bond motifs is 1. The fraction of sp³-hybridized carbons (Fsp3) is 0.0714. The number of rotatable bonds is 7. The van der Waals surface area contributed by atoms with E-state index in [1.807, 2.05) is 48.5 Å². The van der Waals surface area contributed by atoms with Crippen molar-refractivity contribution < 1.29 is 14.3 Å². The molecule has 0 fully saturated rings. The van der Waals surface area contributed by atoms with Gasteiger partial charge in [-0.2, -0.15) is 5.26 Å². The maximum atomic E-state index is 12.6. The number of nitrogens with zero attached hydrogens (tertiary/aromatic N) is 1. The molecule has 4 aromatic rings. The van der Waals surface area contributed by atoms with E-state index in [2.05, 4.69) is 5.32 Å². The molecule has 5 nitrogen and oxygen atoms in total. The van der Waals surface area contributed by atoms with E-state index in [4.69, 9.17) is 32.7 Å². The third-order valence-corrected chi connectivity index (χ3v) is 5.78. The molecule has 0 aliphatic rings. The van der Waals surface area contributed by atoms with Crippen molar-refractivity contribution in [2.45, 2.75) is 6.61 Å². The summed E-state index contributed by atoms with van der Waals surface area (Å²) in [6.07, 6.45) is 1.43. The zero-order valence-corrected chi connectivity index (χ0v) is 20.2. The van der Waals surface area contributed by atoms with Gasteiger partial charge in [-0.3, -0.25) is 4.79 Å². The predicted molar refractivity (Wildman–Crippen MR) is 140 cm³/mol. The van der Waals surface area contributed by atoms with Gasteiger partial charge in [0.2, 0.25) is 0 Å². The Bertz CT molecular complexity index is 1470. The van der Waals surface area contributed by atoms with Gasteiger partial charge < -0.3 is 14.8 Å². The van der Waals surface area contributed by atoms with E-state index in [0.717, 1.165) is 16.3 Å². The van der Waals surface area contributed by atoms with Gasteiger partial charge in [0.05, 0.1) is 12.1 Å². The minimum atomic E-state index is -0.568. The van der Waals surface area contributed by atoms with Crippen LogP contribution in [-0.4, -0.2) is 13.0 Å². The van der Waals surface area contributed by atoms with E-state index in [0.29, 0.717) is 32.8 Å². The molecule has 0 aromatic heterocycles. The highest BCUT2D eigenvalue weighted by Gasteiger charge is 2.15. The Morgan fingerprint density at radius 1 is 1.03 bits per heavy atom. The number of benzene rings is 4. The minimum absolute atomic E-state index is 0.104. The molecule has 0 spiro atoms. The van der Waals surface area contributed by atoms with Crippen molar-refractivity contribution in [2.75, 3.05) is 12.4 Å². The van der Waals surface area contributed by atoms with Gasteiger partial charge >= 0.3 is 0 Å². The molecule has 0 aliphatic carbocycles. The van der Waals surface area contributed by atoms with Crippen molar-refractivity contribution in [3.63, 3.8) is 0 Å². The van der Waals surface area contributed by atoms with Gasteiger partial charge in [-0.05, 0) is 58.3 Å². The highest BCUT2D eigenvalue weighted by molar-refractivity contribution is 6.32. The van der Waals surface area contributed by atoms with Crippen molar-refractivity contribution in [3.05, 3.63) is 106 Å². The number of carbonyl (C=O) groups excluding carboxylic acids is 1. The molecule has 4 rings (SSSR count). The fourth-order valence-corrected chi connectivity index (χ4v) is 4.08. The second kappa shape index (κ2) is 11.0. The van der Waals surface area contributed by atoms with Gasteiger partial charge in [-0.1, -0.05) is 71.7 Å². The van der Waals surface area contributed by atoms with Crippen molar-refractivity contribution in [1.82, 2.24) is 0 Å². The number of amides is 1. The first-order valence-corrected chi connectivity index (χ1v) is 11.4. The Hall–Kier alpha value is -3.98. The quantitative estimate of drug-likeness (QED) is 0.213. The second-order valence-electron chi connectivity index (χ2n) is 7.60. The molecule has 1 amide bonds. The third kappa shape index (κ3) is 5.75. The first-order valence-electron chi connectivity index (χ1n) is 10.6. The molecule has 0 heterocycles. The number of halogens is 2. The summed E-state index contributed by atoms with van der Waals surface area (Å²) in [5, 5.41) is 15.2. The van der Waals surface area contributed by atoms with Crippen LogP contribution in [0, 0.1) is 11.3 Å². The standard InChI is InChI=1S/C28H20Cl2N2O3/c1-34-26-14-18(12-21(16-31)28(33)32-23-10-5-9-22(29)15-23)13-25(30)27(26)35-17-20-8-4-7-19-6-2-3-11-24(19)20/h2-15H,17H2,1H3,(H,32,33)/b21-12+. The normalized spacial score (nSPS) is 11.1. The topological polar surface area (TPSA) is 71.3 Å². The van der Waals surface area contributed by atoms with Crippen LogP contribution >= 0.6 is 23.2 Å². The lowest BCUT2D eigenvalue weighted by Gasteiger charge is -2.14. The van der Waals surface area contributed by atoms with Gasteiger partial charge in [0.15, 0.2) is 11.5 Å². The van der Waals surface area contributed by atoms with Crippen LogP contribution in [0.15, 0.2) is 84.4 Å². The Morgan fingerprint density at radius 2 is 1.80 bits per heavy atom. The summed E-state index contributed by atoms with van der Waals surface area (Å²) in [6, 6.07) is 25.9. The average Bonchev–Trinajstić information content (AvgIpc) is 2.86. The summed E-state index contributed by atoms with van der Waals surface area (Å²) in [5.74, 6) is 0.193. The van der Waals surface area contributed by atoms with Gasteiger partial charge in [0, 0.05) is 10.7 Å². The van der Waals surface area contributed by atoms with E-state index < -0.39 is 5.91 Å². The molecule has 0 unspecified atom stereocenters. The highest BCUT2D eigenvalue weighted by atomic mass is 35.5. The van der Waals surface area contributed by atoms with Crippen molar-refractivity contribution >= 4 is 51.6 Å². The number of hydrogen-bond acceptors (Lipinski definition) is 4. The largest absolute Gasteiger partial charge is 0.493 e. The Labute approximate surface area is 213 Å². The molecular weight excluding hydrogens is 483 g/mol. The van der Waals surface area contributed by atoms with E-state index >= 15 is 0 Å². The van der Waals surface area contributed by atoms with Crippen LogP contribution in [0.5, 0.6) is 11.5 Å². The summed E-state index contributed by atoms with van der Waals surface area (Å²) < 4.78 is 11.5. The van der Waals surface area contributed by atoms with Crippen LogP contribution in [0.3, 0.4) is 0 Å². The molecular formula is C28H20Cl2N2O3. The number of carbonyl (C=O) groups is 1. The number of anilines is 1. The highest BCUT2D eigenvalue weighted by Crippen LogP contribution is 2.38. The first-order chi connectivity index (χ1) is 17.0. The molecule has 7 heteroatoms. The smallest absolute Gasteiger partial charge is 0.266 e. The number of hydrogen-bond donors (Lipinski definition) is 1. The maximum Gasteiger partial charge on any atom is 0.266 e. The summed E-state index contributed by atoms with van der Waals surface area (Å²) in [6.45, 7) is 0.290. The van der Waals surface area contributed by atoms with Gasteiger partial charge in [0.1, 0.15) is 18.2 Å². The van der Waals surface area contributed by atoms with Crippen molar-refractivity contribution in [1.29, 1.82) is 5.26 Å². The van der Waals surface area contributed by atoms with Gasteiger partial charge in [-0.15, -0.1) is 0 Å². The van der Waals surface area contributed by atoms with Crippen LogP contribution in [0.1, 0.15) is 11.1 Å². The third-order valence-electron chi connectivity index (χ3n) is 5.26. The van der Waals surface area contributed by atoms with Crippen LogP contribution < -0.4 is 14.8 Å². The zero-order valence-electron chi connectivity index (χ0n) is 18.7. The predicted octanol–water partition coefficient (Wildman–Crippen LogP) is 7.28. The lowest BCUT2D eigenvalue weighted by Crippen LogP contribution is -2.13. The Balaban J connectivity index is 1.57. The number of nitrogens with one attached hydrogen (secondary N) is 1. The molecule has 4 aromatic carbocycles. The monoisotopic (exact) mass is 502 g/mol. The SMILES string of the molecule is COc1cc(/C=C(\C#N)C(=O)Nc2cccc(Cl)c2)cc(Cl)c1OCc1cccc2ccccc12. The molecule has 0 saturated carbocycles. The zero-order chi connectivity index (χ0) is 24.8. The second-order valence-corrected chi connectivity index (χ2v) is 8.44. The number of ether oxygens (including phenoxy) is 2. The molecule has 0 saturated heterocycles. The average molecular weight is 503 g/mol. The number of methoxy groups -OCH3 is 1. The molecule has 0 atom stereocenters. The maximum absolute atomic E-state index is 12.6. The molecule has 1 N–H and O–H groups in total. The lowest BCUT2D eigenvalue weighted by atomic mass is 10.1.